The van der Waals surface area contributed by atoms with E-state index in [0.29, 0.717) is 16.4 Å². The molecule has 0 aliphatic rings. The van der Waals surface area contributed by atoms with Crippen LogP contribution < -0.4 is 5.32 Å². The van der Waals surface area contributed by atoms with Gasteiger partial charge in [0, 0.05) is 22.9 Å². The summed E-state index contributed by atoms with van der Waals surface area (Å²) in [5, 5.41) is 11.9. The molecule has 3 rings (SSSR count). The van der Waals surface area contributed by atoms with Crippen LogP contribution in [0.1, 0.15) is 35.6 Å². The molecule has 0 saturated heterocycles. The van der Waals surface area contributed by atoms with Gasteiger partial charge in [0.25, 0.3) is 0 Å². The van der Waals surface area contributed by atoms with Crippen molar-refractivity contribution in [3.8, 4) is 5.69 Å². The second-order valence-electron chi connectivity index (χ2n) is 7.14. The molecule has 0 saturated carbocycles. The SMILES string of the molecule is Cc1cccc(-n2c(C)nnc2SCC(=O)c2ccc(NC(=O)C(C)C)cc2)c1. The quantitative estimate of drug-likeness (QED) is 0.462. The van der Waals surface area contributed by atoms with E-state index in [2.05, 4.69) is 21.6 Å². The van der Waals surface area contributed by atoms with Gasteiger partial charge >= 0.3 is 0 Å². The zero-order valence-electron chi connectivity index (χ0n) is 17.0. The van der Waals surface area contributed by atoms with E-state index in [4.69, 9.17) is 0 Å². The van der Waals surface area contributed by atoms with Crippen molar-refractivity contribution in [1.82, 2.24) is 14.8 Å². The number of nitrogens with zero attached hydrogens (tertiary/aromatic N) is 3. The van der Waals surface area contributed by atoms with Crippen LogP contribution in [-0.2, 0) is 4.79 Å². The van der Waals surface area contributed by atoms with Gasteiger partial charge in [-0.2, -0.15) is 0 Å². The van der Waals surface area contributed by atoms with Gasteiger partial charge in [0.2, 0.25) is 5.91 Å². The number of carbonyl (C=O) groups excluding carboxylic acids is 2. The number of rotatable bonds is 7. The third-order valence-electron chi connectivity index (χ3n) is 4.39. The molecule has 150 valence electrons. The molecule has 29 heavy (non-hydrogen) atoms. The molecule has 0 bridgehead atoms. The first-order chi connectivity index (χ1) is 13.8. The number of benzene rings is 2. The summed E-state index contributed by atoms with van der Waals surface area (Å²) in [4.78, 5) is 24.4. The average molecular weight is 409 g/mol. The number of Topliss-reactive ketones (excluding diaryl/α,β-unsaturated/α-hetero) is 1. The van der Waals surface area contributed by atoms with Crippen molar-refractivity contribution in [3.05, 3.63) is 65.5 Å². The molecule has 0 spiro atoms. The minimum Gasteiger partial charge on any atom is -0.326 e. The van der Waals surface area contributed by atoms with E-state index in [0.717, 1.165) is 17.1 Å². The van der Waals surface area contributed by atoms with Crippen LogP contribution in [0.15, 0.2) is 53.7 Å². The minimum absolute atomic E-state index is 0.00631. The van der Waals surface area contributed by atoms with Gasteiger partial charge in [-0.15, -0.1) is 10.2 Å². The molecule has 0 fully saturated rings. The molecule has 1 N–H and O–H groups in total. The Hall–Kier alpha value is -2.93. The predicted octanol–water partition coefficient (Wildman–Crippen LogP) is 4.45. The lowest BCUT2D eigenvalue weighted by molar-refractivity contribution is -0.118. The van der Waals surface area contributed by atoms with Crippen molar-refractivity contribution in [2.45, 2.75) is 32.9 Å². The van der Waals surface area contributed by atoms with Gasteiger partial charge < -0.3 is 5.32 Å². The Bertz CT molecular complexity index is 1030. The molecule has 2 aromatic carbocycles. The topological polar surface area (TPSA) is 76.9 Å². The molecule has 1 amide bonds. The van der Waals surface area contributed by atoms with E-state index in [9.17, 15) is 9.59 Å². The van der Waals surface area contributed by atoms with Gasteiger partial charge in [-0.1, -0.05) is 37.7 Å². The molecule has 3 aromatic rings. The van der Waals surface area contributed by atoms with Crippen molar-refractivity contribution in [1.29, 1.82) is 0 Å². The zero-order chi connectivity index (χ0) is 21.0. The highest BCUT2D eigenvalue weighted by Gasteiger charge is 2.15. The van der Waals surface area contributed by atoms with Gasteiger partial charge in [-0.3, -0.25) is 14.2 Å². The number of hydrogen-bond acceptors (Lipinski definition) is 5. The summed E-state index contributed by atoms with van der Waals surface area (Å²) >= 11 is 1.36. The number of thioether (sulfide) groups is 1. The third kappa shape index (κ3) is 5.12. The fraction of sp³-hybridized carbons (Fsp3) is 0.273. The zero-order valence-corrected chi connectivity index (χ0v) is 17.8. The standard InChI is InChI=1S/C22H24N4O2S/c1-14(2)21(28)23-18-10-8-17(9-11-18)20(27)13-29-22-25-24-16(4)26(22)19-7-5-6-15(3)12-19/h5-12,14H,13H2,1-4H3,(H,23,28). The highest BCUT2D eigenvalue weighted by atomic mass is 32.2. The number of anilines is 1. The highest BCUT2D eigenvalue weighted by Crippen LogP contribution is 2.23. The van der Waals surface area contributed by atoms with E-state index >= 15 is 0 Å². The summed E-state index contributed by atoms with van der Waals surface area (Å²) in [6.45, 7) is 7.60. The number of carbonyl (C=O) groups is 2. The smallest absolute Gasteiger partial charge is 0.226 e. The lowest BCUT2D eigenvalue weighted by Gasteiger charge is -2.09. The molecule has 0 unspecified atom stereocenters. The maximum Gasteiger partial charge on any atom is 0.226 e. The van der Waals surface area contributed by atoms with Gasteiger partial charge in [-0.05, 0) is 55.8 Å². The summed E-state index contributed by atoms with van der Waals surface area (Å²) in [6.07, 6.45) is 0. The van der Waals surface area contributed by atoms with Crippen molar-refractivity contribution in [2.24, 2.45) is 5.92 Å². The van der Waals surface area contributed by atoms with E-state index in [1.165, 1.54) is 11.8 Å². The number of hydrogen-bond donors (Lipinski definition) is 1. The maximum absolute atomic E-state index is 12.6. The van der Waals surface area contributed by atoms with Crippen LogP contribution in [-0.4, -0.2) is 32.2 Å². The van der Waals surface area contributed by atoms with E-state index in [-0.39, 0.29) is 23.4 Å². The number of aromatic nitrogens is 3. The summed E-state index contributed by atoms with van der Waals surface area (Å²) in [7, 11) is 0. The molecule has 7 heteroatoms. The average Bonchev–Trinajstić information content (AvgIpc) is 3.07. The number of aryl methyl sites for hydroxylation is 2. The molecule has 1 heterocycles. The Balaban J connectivity index is 1.68. The third-order valence-corrected chi connectivity index (χ3v) is 5.32. The normalized spacial score (nSPS) is 10.9. The molecular weight excluding hydrogens is 384 g/mol. The Morgan fingerprint density at radius 3 is 2.45 bits per heavy atom. The molecule has 0 atom stereocenters. The lowest BCUT2D eigenvalue weighted by atomic mass is 10.1. The Morgan fingerprint density at radius 1 is 1.07 bits per heavy atom. The Kier molecular flexibility index (Phi) is 6.49. The Morgan fingerprint density at radius 2 is 1.79 bits per heavy atom. The van der Waals surface area contributed by atoms with E-state index < -0.39 is 0 Å². The summed E-state index contributed by atoms with van der Waals surface area (Å²) < 4.78 is 1.95. The van der Waals surface area contributed by atoms with Crippen LogP contribution in [0.4, 0.5) is 5.69 Å². The van der Waals surface area contributed by atoms with Crippen LogP contribution in [0.5, 0.6) is 0 Å². The van der Waals surface area contributed by atoms with Crippen LogP contribution in [0.3, 0.4) is 0 Å². The molecule has 0 aliphatic heterocycles. The first-order valence-corrected chi connectivity index (χ1v) is 10.4. The number of ketones is 1. The fourth-order valence-electron chi connectivity index (χ4n) is 2.74. The van der Waals surface area contributed by atoms with Crippen LogP contribution in [0, 0.1) is 19.8 Å². The molecular formula is C22H24N4O2S. The van der Waals surface area contributed by atoms with Crippen LogP contribution in [0.25, 0.3) is 5.69 Å². The Labute approximate surface area is 174 Å². The number of amides is 1. The predicted molar refractivity (Wildman–Crippen MR) is 116 cm³/mol. The monoisotopic (exact) mass is 408 g/mol. The molecule has 0 radical (unpaired) electrons. The second-order valence-corrected chi connectivity index (χ2v) is 8.08. The first kappa shape index (κ1) is 20.8. The summed E-state index contributed by atoms with van der Waals surface area (Å²) in [5.74, 6) is 0.873. The molecule has 6 nitrogen and oxygen atoms in total. The number of nitrogens with one attached hydrogen (secondary N) is 1. The minimum atomic E-state index is -0.0954. The van der Waals surface area contributed by atoms with Crippen molar-refractivity contribution >= 4 is 29.1 Å². The van der Waals surface area contributed by atoms with E-state index in [1.54, 1.807) is 24.3 Å². The van der Waals surface area contributed by atoms with Crippen molar-refractivity contribution in [2.75, 3.05) is 11.1 Å². The van der Waals surface area contributed by atoms with Crippen LogP contribution >= 0.6 is 11.8 Å². The van der Waals surface area contributed by atoms with Crippen LogP contribution in [0.2, 0.25) is 0 Å². The van der Waals surface area contributed by atoms with Gasteiger partial charge in [0.05, 0.1) is 5.75 Å². The molecule has 0 aliphatic carbocycles. The fourth-order valence-corrected chi connectivity index (χ4v) is 3.63. The lowest BCUT2D eigenvalue weighted by Crippen LogP contribution is -2.17. The summed E-state index contributed by atoms with van der Waals surface area (Å²) in [5.41, 5.74) is 3.40. The van der Waals surface area contributed by atoms with E-state index in [1.807, 2.05) is 50.5 Å². The van der Waals surface area contributed by atoms with Crippen molar-refractivity contribution in [3.63, 3.8) is 0 Å². The van der Waals surface area contributed by atoms with Crippen molar-refractivity contribution < 1.29 is 9.59 Å². The van der Waals surface area contributed by atoms with Gasteiger partial charge in [0.15, 0.2) is 10.9 Å². The largest absolute Gasteiger partial charge is 0.326 e. The maximum atomic E-state index is 12.6. The molecule has 1 aromatic heterocycles. The highest BCUT2D eigenvalue weighted by molar-refractivity contribution is 7.99. The summed E-state index contributed by atoms with van der Waals surface area (Å²) in [6, 6.07) is 15.0. The van der Waals surface area contributed by atoms with Gasteiger partial charge in [-0.25, -0.2) is 0 Å². The van der Waals surface area contributed by atoms with Gasteiger partial charge in [0.1, 0.15) is 5.82 Å². The first-order valence-electron chi connectivity index (χ1n) is 9.41. The second kappa shape index (κ2) is 9.05.